The van der Waals surface area contributed by atoms with Crippen molar-refractivity contribution in [3.05, 3.63) is 0 Å². The summed E-state index contributed by atoms with van der Waals surface area (Å²) in [5.74, 6) is 0.627. The highest BCUT2D eigenvalue weighted by Gasteiger charge is 2.42. The van der Waals surface area contributed by atoms with Crippen LogP contribution in [0.4, 0.5) is 4.79 Å². The van der Waals surface area contributed by atoms with Crippen molar-refractivity contribution in [2.45, 2.75) is 39.0 Å². The fraction of sp³-hybridized carbons (Fsp3) is 0.923. The summed E-state index contributed by atoms with van der Waals surface area (Å²) in [5, 5.41) is 12.0. The third-order valence-electron chi connectivity index (χ3n) is 4.16. The summed E-state index contributed by atoms with van der Waals surface area (Å²) in [7, 11) is 0. The Bertz CT molecular complexity index is 277. The highest BCUT2D eigenvalue weighted by molar-refractivity contribution is 5.74. The predicted molar refractivity (Wildman–Crippen MR) is 66.7 cm³/mol. The Morgan fingerprint density at radius 2 is 2.29 bits per heavy atom. The highest BCUT2D eigenvalue weighted by Crippen LogP contribution is 2.47. The molecule has 2 aliphatic rings. The van der Waals surface area contributed by atoms with Gasteiger partial charge in [0.1, 0.15) is 0 Å². The summed E-state index contributed by atoms with van der Waals surface area (Å²) in [4.78, 5) is 13.9. The number of hydrogen-bond acceptors (Lipinski definition) is 2. The molecule has 0 aromatic carbocycles. The first-order chi connectivity index (χ1) is 8.15. The van der Waals surface area contributed by atoms with Crippen molar-refractivity contribution in [2.24, 2.45) is 11.3 Å². The Balaban J connectivity index is 1.73. The molecule has 0 radical (unpaired) electrons. The van der Waals surface area contributed by atoms with Crippen LogP contribution in [0.5, 0.6) is 0 Å². The molecule has 1 saturated heterocycles. The van der Waals surface area contributed by atoms with Crippen molar-refractivity contribution >= 4 is 6.03 Å². The maximum absolute atomic E-state index is 12.0. The molecule has 1 aliphatic heterocycles. The first kappa shape index (κ1) is 12.7. The van der Waals surface area contributed by atoms with Crippen molar-refractivity contribution in [3.8, 4) is 0 Å². The number of carbonyl (C=O) groups is 1. The average Bonchev–Trinajstić information content (AvgIpc) is 3.07. The molecule has 4 heteroatoms. The Morgan fingerprint density at radius 3 is 2.88 bits per heavy atom. The number of rotatable bonds is 4. The molecule has 17 heavy (non-hydrogen) atoms. The van der Waals surface area contributed by atoms with Crippen molar-refractivity contribution in [3.63, 3.8) is 0 Å². The molecule has 1 unspecified atom stereocenters. The zero-order valence-corrected chi connectivity index (χ0v) is 10.7. The molecule has 2 fully saturated rings. The summed E-state index contributed by atoms with van der Waals surface area (Å²) in [6.45, 7) is 4.95. The number of carbonyl (C=O) groups excluding carboxylic acids is 1. The van der Waals surface area contributed by atoms with Crippen LogP contribution in [-0.2, 0) is 0 Å². The van der Waals surface area contributed by atoms with E-state index >= 15 is 0 Å². The molecule has 1 aliphatic carbocycles. The molecule has 0 spiro atoms. The number of nitrogens with one attached hydrogen (secondary N) is 1. The molecule has 1 atom stereocenters. The van der Waals surface area contributed by atoms with E-state index in [0.717, 1.165) is 45.3 Å². The van der Waals surface area contributed by atoms with Crippen LogP contribution in [0.15, 0.2) is 0 Å². The lowest BCUT2D eigenvalue weighted by molar-refractivity contribution is 0.166. The minimum absolute atomic E-state index is 0.0840. The molecule has 98 valence electrons. The lowest BCUT2D eigenvalue weighted by Crippen LogP contribution is -2.46. The average molecular weight is 240 g/mol. The molecule has 0 aromatic rings. The van der Waals surface area contributed by atoms with Gasteiger partial charge in [0.25, 0.3) is 0 Å². The SMILES string of the molecule is CC1CCCN(C(=O)NCC2(CCO)CC2)C1. The quantitative estimate of drug-likeness (QED) is 0.784. The number of urea groups is 1. The van der Waals surface area contributed by atoms with Gasteiger partial charge in [-0.15, -0.1) is 0 Å². The van der Waals surface area contributed by atoms with Gasteiger partial charge in [-0.25, -0.2) is 4.79 Å². The monoisotopic (exact) mass is 240 g/mol. The summed E-state index contributed by atoms with van der Waals surface area (Å²) in [6, 6.07) is 0.0840. The van der Waals surface area contributed by atoms with Crippen LogP contribution in [0.3, 0.4) is 0 Å². The summed E-state index contributed by atoms with van der Waals surface area (Å²) in [6.07, 6.45) is 5.47. The van der Waals surface area contributed by atoms with Crippen LogP contribution >= 0.6 is 0 Å². The second-order valence-electron chi connectivity index (χ2n) is 5.83. The fourth-order valence-corrected chi connectivity index (χ4v) is 2.68. The molecule has 1 saturated carbocycles. The van der Waals surface area contributed by atoms with Gasteiger partial charge in [-0.05, 0) is 43.4 Å². The number of amides is 2. The number of piperidine rings is 1. The van der Waals surface area contributed by atoms with E-state index in [4.69, 9.17) is 5.11 Å². The van der Waals surface area contributed by atoms with Crippen molar-refractivity contribution in [1.29, 1.82) is 0 Å². The second-order valence-corrected chi connectivity index (χ2v) is 5.83. The molecule has 2 amide bonds. The van der Waals surface area contributed by atoms with E-state index in [2.05, 4.69) is 12.2 Å². The minimum Gasteiger partial charge on any atom is -0.396 e. The van der Waals surface area contributed by atoms with Crippen LogP contribution in [0.25, 0.3) is 0 Å². The third kappa shape index (κ3) is 3.35. The normalized spacial score (nSPS) is 26.7. The van der Waals surface area contributed by atoms with E-state index < -0.39 is 0 Å². The number of aliphatic hydroxyl groups is 1. The standard InChI is InChI=1S/C13H24N2O2/c1-11-3-2-7-15(9-11)12(17)14-10-13(4-5-13)6-8-16/h11,16H,2-10H2,1H3,(H,14,17). The van der Waals surface area contributed by atoms with Gasteiger partial charge in [-0.2, -0.15) is 0 Å². The zero-order valence-electron chi connectivity index (χ0n) is 10.7. The van der Waals surface area contributed by atoms with Gasteiger partial charge in [-0.1, -0.05) is 6.92 Å². The fourth-order valence-electron chi connectivity index (χ4n) is 2.68. The maximum atomic E-state index is 12.0. The van der Waals surface area contributed by atoms with Gasteiger partial charge >= 0.3 is 6.03 Å². The van der Waals surface area contributed by atoms with Crippen molar-refractivity contribution < 1.29 is 9.90 Å². The number of aliphatic hydroxyl groups excluding tert-OH is 1. The van der Waals surface area contributed by atoms with Gasteiger partial charge in [0.05, 0.1) is 0 Å². The smallest absolute Gasteiger partial charge is 0.317 e. The minimum atomic E-state index is 0.0840. The molecular weight excluding hydrogens is 216 g/mol. The molecule has 0 bridgehead atoms. The lowest BCUT2D eigenvalue weighted by atomic mass is 10.0. The van der Waals surface area contributed by atoms with Gasteiger partial charge < -0.3 is 15.3 Å². The van der Waals surface area contributed by atoms with Crippen molar-refractivity contribution in [2.75, 3.05) is 26.2 Å². The van der Waals surface area contributed by atoms with E-state index in [0.29, 0.717) is 5.92 Å². The third-order valence-corrected chi connectivity index (χ3v) is 4.16. The molecule has 4 nitrogen and oxygen atoms in total. The summed E-state index contributed by atoms with van der Waals surface area (Å²) in [5.41, 5.74) is 0.214. The van der Waals surface area contributed by atoms with Crippen molar-refractivity contribution in [1.82, 2.24) is 10.2 Å². The topological polar surface area (TPSA) is 52.6 Å². The van der Waals surface area contributed by atoms with E-state index in [-0.39, 0.29) is 18.1 Å². The van der Waals surface area contributed by atoms with E-state index in [9.17, 15) is 4.79 Å². The summed E-state index contributed by atoms with van der Waals surface area (Å²) >= 11 is 0. The van der Waals surface area contributed by atoms with Crippen LogP contribution in [-0.4, -0.2) is 42.3 Å². The highest BCUT2D eigenvalue weighted by atomic mass is 16.3. The molecule has 1 heterocycles. The van der Waals surface area contributed by atoms with Crippen LogP contribution in [0.2, 0.25) is 0 Å². The first-order valence-electron chi connectivity index (χ1n) is 6.79. The molecule has 0 aromatic heterocycles. The van der Waals surface area contributed by atoms with Gasteiger partial charge in [-0.3, -0.25) is 0 Å². The Labute approximate surface area is 103 Å². The summed E-state index contributed by atoms with van der Waals surface area (Å²) < 4.78 is 0. The largest absolute Gasteiger partial charge is 0.396 e. The van der Waals surface area contributed by atoms with Gasteiger partial charge in [0.15, 0.2) is 0 Å². The van der Waals surface area contributed by atoms with Gasteiger partial charge in [0.2, 0.25) is 0 Å². The van der Waals surface area contributed by atoms with Gasteiger partial charge in [0, 0.05) is 26.2 Å². The van der Waals surface area contributed by atoms with Crippen LogP contribution < -0.4 is 5.32 Å². The Hall–Kier alpha value is -0.770. The van der Waals surface area contributed by atoms with Crippen LogP contribution in [0.1, 0.15) is 39.0 Å². The molecule has 2 N–H and O–H groups in total. The number of likely N-dealkylation sites (tertiary alicyclic amines) is 1. The first-order valence-corrected chi connectivity index (χ1v) is 6.79. The number of hydrogen-bond donors (Lipinski definition) is 2. The maximum Gasteiger partial charge on any atom is 0.317 e. The van der Waals surface area contributed by atoms with E-state index in [1.807, 2.05) is 4.90 Å². The zero-order chi connectivity index (χ0) is 12.3. The second kappa shape index (κ2) is 5.25. The molecule has 2 rings (SSSR count). The number of nitrogens with zero attached hydrogens (tertiary/aromatic N) is 1. The Kier molecular flexibility index (Phi) is 3.92. The van der Waals surface area contributed by atoms with E-state index in [1.165, 1.54) is 6.42 Å². The lowest BCUT2D eigenvalue weighted by Gasteiger charge is -2.31. The predicted octanol–water partition coefficient (Wildman–Crippen LogP) is 1.59. The molecular formula is C13H24N2O2. The van der Waals surface area contributed by atoms with Crippen LogP contribution in [0, 0.1) is 11.3 Å². The Morgan fingerprint density at radius 1 is 1.53 bits per heavy atom. The van der Waals surface area contributed by atoms with E-state index in [1.54, 1.807) is 0 Å².